The molecule has 1 atom stereocenters. The van der Waals surface area contributed by atoms with Crippen LogP contribution in [0.4, 0.5) is 5.82 Å². The Morgan fingerprint density at radius 1 is 1.30 bits per heavy atom. The lowest BCUT2D eigenvalue weighted by Gasteiger charge is -2.21. The van der Waals surface area contributed by atoms with Gasteiger partial charge in [0.2, 0.25) is 21.7 Å². The van der Waals surface area contributed by atoms with Crippen LogP contribution in [0.5, 0.6) is 0 Å². The van der Waals surface area contributed by atoms with Crippen LogP contribution in [0.3, 0.4) is 0 Å². The normalized spacial score (nSPS) is 16.3. The highest BCUT2D eigenvalue weighted by Crippen LogP contribution is 2.31. The number of anilines is 1. The summed E-state index contributed by atoms with van der Waals surface area (Å²) in [7, 11) is -3.41. The summed E-state index contributed by atoms with van der Waals surface area (Å²) in [5.41, 5.74) is 0.556. The zero-order chi connectivity index (χ0) is 21.6. The summed E-state index contributed by atoms with van der Waals surface area (Å²) < 4.78 is 30.2. The van der Waals surface area contributed by atoms with Gasteiger partial charge in [-0.25, -0.2) is 13.4 Å². The number of pyridine rings is 1. The van der Waals surface area contributed by atoms with Gasteiger partial charge in [0.1, 0.15) is 5.82 Å². The molecular formula is C20H28N4O5S. The summed E-state index contributed by atoms with van der Waals surface area (Å²) in [5, 5.41) is 13.2. The molecule has 1 unspecified atom stereocenters. The second-order valence-corrected chi connectivity index (χ2v) is 9.74. The van der Waals surface area contributed by atoms with E-state index < -0.39 is 16.0 Å². The van der Waals surface area contributed by atoms with E-state index in [2.05, 4.69) is 19.8 Å². The van der Waals surface area contributed by atoms with E-state index in [0.717, 1.165) is 25.0 Å². The third kappa shape index (κ3) is 6.79. The molecule has 10 heteroatoms. The molecule has 1 aliphatic carbocycles. The molecule has 0 aliphatic heterocycles. The fourth-order valence-electron chi connectivity index (χ4n) is 3.95. The summed E-state index contributed by atoms with van der Waals surface area (Å²) >= 11 is 0. The molecule has 0 amide bonds. The van der Waals surface area contributed by atoms with Crippen molar-refractivity contribution in [3.8, 4) is 11.4 Å². The number of nitrogens with zero attached hydrogens (tertiary/aromatic N) is 3. The Morgan fingerprint density at radius 3 is 2.70 bits per heavy atom. The molecular weight excluding hydrogens is 408 g/mol. The number of carboxylic acids is 1. The SMILES string of the molecule is CS(=O)(=O)Nc1ccc(-c2noc(C(CCCC3CCCCC3)CC(=O)O)n2)cn1. The molecule has 0 bridgehead atoms. The van der Waals surface area contributed by atoms with Crippen molar-refractivity contribution in [3.63, 3.8) is 0 Å². The van der Waals surface area contributed by atoms with Crippen molar-refractivity contribution in [1.82, 2.24) is 15.1 Å². The first-order valence-corrected chi connectivity index (χ1v) is 12.2. The van der Waals surface area contributed by atoms with Crippen molar-refractivity contribution in [3.05, 3.63) is 24.2 Å². The Morgan fingerprint density at radius 2 is 2.07 bits per heavy atom. The molecule has 2 aromatic heterocycles. The van der Waals surface area contributed by atoms with E-state index in [0.29, 0.717) is 23.7 Å². The van der Waals surface area contributed by atoms with E-state index in [-0.39, 0.29) is 18.2 Å². The Balaban J connectivity index is 1.64. The van der Waals surface area contributed by atoms with Gasteiger partial charge >= 0.3 is 5.97 Å². The minimum atomic E-state index is -3.41. The lowest BCUT2D eigenvalue weighted by molar-refractivity contribution is -0.137. The second-order valence-electron chi connectivity index (χ2n) is 7.99. The Hall–Kier alpha value is -2.49. The topological polar surface area (TPSA) is 135 Å². The molecule has 3 rings (SSSR count). The van der Waals surface area contributed by atoms with Gasteiger partial charge in [-0.05, 0) is 24.5 Å². The third-order valence-electron chi connectivity index (χ3n) is 5.41. The highest BCUT2D eigenvalue weighted by Gasteiger charge is 2.23. The van der Waals surface area contributed by atoms with Gasteiger partial charge in [0.15, 0.2) is 0 Å². The maximum absolute atomic E-state index is 11.3. The van der Waals surface area contributed by atoms with Gasteiger partial charge in [0.25, 0.3) is 0 Å². The quantitative estimate of drug-likeness (QED) is 0.574. The molecule has 30 heavy (non-hydrogen) atoms. The number of nitrogens with one attached hydrogen (secondary N) is 1. The number of hydrogen-bond donors (Lipinski definition) is 2. The molecule has 2 N–H and O–H groups in total. The highest BCUT2D eigenvalue weighted by molar-refractivity contribution is 7.92. The van der Waals surface area contributed by atoms with Gasteiger partial charge in [-0.2, -0.15) is 4.98 Å². The lowest BCUT2D eigenvalue weighted by Crippen LogP contribution is -2.10. The minimum absolute atomic E-state index is 0.0538. The van der Waals surface area contributed by atoms with Crippen LogP contribution in [0, 0.1) is 5.92 Å². The maximum Gasteiger partial charge on any atom is 0.304 e. The fraction of sp³-hybridized carbons (Fsp3) is 0.600. The average Bonchev–Trinajstić information content (AvgIpc) is 3.17. The van der Waals surface area contributed by atoms with Crippen LogP contribution >= 0.6 is 0 Å². The molecule has 0 aromatic carbocycles. The monoisotopic (exact) mass is 436 g/mol. The van der Waals surface area contributed by atoms with Crippen LogP contribution in [0.25, 0.3) is 11.4 Å². The van der Waals surface area contributed by atoms with E-state index in [9.17, 15) is 18.3 Å². The minimum Gasteiger partial charge on any atom is -0.481 e. The van der Waals surface area contributed by atoms with Gasteiger partial charge in [-0.15, -0.1) is 0 Å². The molecule has 164 valence electrons. The first-order valence-electron chi connectivity index (χ1n) is 10.3. The Kier molecular flexibility index (Phi) is 7.41. The average molecular weight is 437 g/mol. The number of sulfonamides is 1. The fourth-order valence-corrected chi connectivity index (χ4v) is 4.45. The summed E-state index contributed by atoms with van der Waals surface area (Å²) in [5.74, 6) is 0.325. The van der Waals surface area contributed by atoms with Crippen molar-refractivity contribution in [2.75, 3.05) is 11.0 Å². The van der Waals surface area contributed by atoms with Crippen molar-refractivity contribution in [2.24, 2.45) is 5.92 Å². The number of hydrogen-bond acceptors (Lipinski definition) is 7. The summed E-state index contributed by atoms with van der Waals surface area (Å²) in [6, 6.07) is 3.13. The molecule has 2 aromatic rings. The molecule has 1 aliphatic rings. The van der Waals surface area contributed by atoms with Crippen molar-refractivity contribution >= 4 is 21.8 Å². The molecule has 0 saturated heterocycles. The number of carbonyl (C=O) groups is 1. The van der Waals surface area contributed by atoms with Crippen LogP contribution in [-0.4, -0.2) is 40.9 Å². The zero-order valence-corrected chi connectivity index (χ0v) is 17.9. The molecule has 1 saturated carbocycles. The van der Waals surface area contributed by atoms with Crippen molar-refractivity contribution < 1.29 is 22.8 Å². The van der Waals surface area contributed by atoms with Crippen molar-refractivity contribution in [1.29, 1.82) is 0 Å². The van der Waals surface area contributed by atoms with Crippen LogP contribution < -0.4 is 4.72 Å². The highest BCUT2D eigenvalue weighted by atomic mass is 32.2. The molecule has 2 heterocycles. The summed E-state index contributed by atoms with van der Waals surface area (Å²) in [6.07, 6.45) is 11.6. The largest absolute Gasteiger partial charge is 0.481 e. The summed E-state index contributed by atoms with van der Waals surface area (Å²) in [6.45, 7) is 0. The van der Waals surface area contributed by atoms with E-state index in [4.69, 9.17) is 4.52 Å². The second kappa shape index (κ2) is 10.0. The molecule has 0 spiro atoms. The first-order chi connectivity index (χ1) is 14.3. The van der Waals surface area contributed by atoms with E-state index >= 15 is 0 Å². The van der Waals surface area contributed by atoms with Gasteiger partial charge in [0.05, 0.1) is 12.7 Å². The molecule has 9 nitrogen and oxygen atoms in total. The zero-order valence-electron chi connectivity index (χ0n) is 17.1. The van der Waals surface area contributed by atoms with Gasteiger partial charge in [-0.1, -0.05) is 50.1 Å². The predicted octanol–water partition coefficient (Wildman–Crippen LogP) is 3.81. The number of carboxylic acid groups (broad SMARTS) is 1. The third-order valence-corrected chi connectivity index (χ3v) is 5.99. The van der Waals surface area contributed by atoms with Gasteiger partial charge in [-0.3, -0.25) is 9.52 Å². The van der Waals surface area contributed by atoms with Gasteiger partial charge in [0, 0.05) is 17.7 Å². The van der Waals surface area contributed by atoms with Crippen LogP contribution in [0.15, 0.2) is 22.9 Å². The van der Waals surface area contributed by atoms with E-state index in [1.165, 1.54) is 44.4 Å². The van der Waals surface area contributed by atoms with Crippen molar-refractivity contribution in [2.45, 2.75) is 63.7 Å². The first kappa shape index (κ1) is 22.2. The summed E-state index contributed by atoms with van der Waals surface area (Å²) in [4.78, 5) is 19.7. The Labute approximate surface area is 176 Å². The number of aliphatic carboxylic acids is 1. The number of rotatable bonds is 10. The lowest BCUT2D eigenvalue weighted by atomic mass is 9.84. The van der Waals surface area contributed by atoms with Gasteiger partial charge < -0.3 is 9.63 Å². The molecule has 0 radical (unpaired) electrons. The maximum atomic E-state index is 11.3. The van der Waals surface area contributed by atoms with Crippen LogP contribution in [0.2, 0.25) is 0 Å². The van der Waals surface area contributed by atoms with Crippen LogP contribution in [-0.2, 0) is 14.8 Å². The van der Waals surface area contributed by atoms with E-state index in [1.807, 2.05) is 0 Å². The van der Waals surface area contributed by atoms with Crippen LogP contribution in [0.1, 0.15) is 69.6 Å². The van der Waals surface area contributed by atoms with E-state index in [1.54, 1.807) is 6.07 Å². The number of aromatic nitrogens is 3. The standard InChI is InChI=1S/C20H28N4O5S/c1-30(27,28)24-17-11-10-16(13-21-17)19-22-20(29-23-19)15(12-18(25)26)9-5-8-14-6-3-2-4-7-14/h10-11,13-15H,2-9,12H2,1H3,(H,21,24)(H,25,26). The molecule has 1 fully saturated rings. The Bertz CT molecular complexity index is 936. The smallest absolute Gasteiger partial charge is 0.304 e. The predicted molar refractivity (Wildman–Crippen MR) is 111 cm³/mol.